The Hall–Kier alpha value is -0.870. The van der Waals surface area contributed by atoms with Gasteiger partial charge in [-0.1, -0.05) is 123 Å². The summed E-state index contributed by atoms with van der Waals surface area (Å²) in [4.78, 5) is 17.2. The van der Waals surface area contributed by atoms with Gasteiger partial charge < -0.3 is 10.2 Å². The normalized spacial score (nSPS) is 14.8. The minimum absolute atomic E-state index is 0.407. The van der Waals surface area contributed by atoms with Crippen molar-refractivity contribution in [3.8, 4) is 0 Å². The van der Waals surface area contributed by atoms with E-state index in [1.807, 2.05) is 0 Å². The second kappa shape index (κ2) is 24.5. The lowest BCUT2D eigenvalue weighted by Crippen LogP contribution is -2.47. The Kier molecular flexibility index (Phi) is 22.5. The molecular weight excluding hydrogens is 442 g/mol. The molecule has 1 fully saturated rings. The maximum absolute atomic E-state index is 12.2. The highest BCUT2D eigenvalue weighted by Gasteiger charge is 2.16. The van der Waals surface area contributed by atoms with Crippen molar-refractivity contribution in [1.82, 2.24) is 15.1 Å². The number of carbonyl (C=O) groups excluding carboxylic acids is 1. The second-order valence-electron chi connectivity index (χ2n) is 11.3. The molecule has 0 atom stereocenters. The van der Waals surface area contributed by atoms with Gasteiger partial charge in [0.25, 0.3) is 0 Å². The van der Waals surface area contributed by atoms with E-state index in [1.165, 1.54) is 129 Å². The van der Waals surface area contributed by atoms with Crippen LogP contribution in [-0.4, -0.2) is 61.4 Å². The number of carbonyl (C=O) groups is 1. The van der Waals surface area contributed by atoms with Crippen molar-refractivity contribution in [2.75, 3.05) is 45.8 Å². The monoisotopic (exact) mass is 505 g/mol. The molecule has 0 aliphatic carbocycles. The molecule has 0 amide bonds. The number of nitrogens with one attached hydrogen (secondary N) is 1. The van der Waals surface area contributed by atoms with Gasteiger partial charge in [-0.25, -0.2) is 0 Å². The molecule has 1 heterocycles. The van der Waals surface area contributed by atoms with Gasteiger partial charge >= 0.3 is 0 Å². The molecule has 1 rings (SSSR count). The summed E-state index contributed by atoms with van der Waals surface area (Å²) in [5.41, 5.74) is 1.06. The molecule has 1 aliphatic rings. The van der Waals surface area contributed by atoms with E-state index in [1.54, 1.807) is 0 Å². The molecule has 0 aromatic rings. The van der Waals surface area contributed by atoms with E-state index in [9.17, 15) is 4.79 Å². The first-order valence-electron chi connectivity index (χ1n) is 16.0. The molecule has 4 nitrogen and oxygen atoms in total. The van der Waals surface area contributed by atoms with Gasteiger partial charge in [0.05, 0.1) is 0 Å². The van der Waals surface area contributed by atoms with Gasteiger partial charge in [0.1, 0.15) is 5.78 Å². The first kappa shape index (κ1) is 33.2. The number of unbranched alkanes of at least 4 members (excludes halogenated alkanes) is 16. The molecule has 0 spiro atoms. The number of ketones is 1. The maximum atomic E-state index is 12.2. The fourth-order valence-electron chi connectivity index (χ4n) is 5.36. The lowest BCUT2D eigenvalue weighted by atomic mass is 10.0. The van der Waals surface area contributed by atoms with Crippen LogP contribution in [0.25, 0.3) is 0 Å². The lowest BCUT2D eigenvalue weighted by molar-refractivity contribution is -0.119. The fraction of sp³-hybridized carbons (Fsp3) is 0.906. The zero-order valence-electron chi connectivity index (χ0n) is 24.6. The summed E-state index contributed by atoms with van der Waals surface area (Å²) in [7, 11) is 0. The summed E-state index contributed by atoms with van der Waals surface area (Å²) < 4.78 is 0. The smallest absolute Gasteiger partial charge is 0.134 e. The number of hydrogen-bond acceptors (Lipinski definition) is 4. The number of rotatable bonds is 26. The molecule has 36 heavy (non-hydrogen) atoms. The van der Waals surface area contributed by atoms with Crippen LogP contribution in [-0.2, 0) is 4.79 Å². The average molecular weight is 506 g/mol. The Bertz CT molecular complexity index is 514. The number of nitrogens with zero attached hydrogens (tertiary/aromatic N) is 2. The molecule has 0 radical (unpaired) electrons. The van der Waals surface area contributed by atoms with Crippen LogP contribution in [0.1, 0.15) is 142 Å². The van der Waals surface area contributed by atoms with Crippen LogP contribution in [0.5, 0.6) is 0 Å². The zero-order chi connectivity index (χ0) is 26.1. The van der Waals surface area contributed by atoms with Gasteiger partial charge in [-0.3, -0.25) is 9.69 Å². The highest BCUT2D eigenvalue weighted by atomic mass is 16.1. The molecule has 1 aliphatic heterocycles. The van der Waals surface area contributed by atoms with Gasteiger partial charge in [0.15, 0.2) is 0 Å². The molecule has 0 unspecified atom stereocenters. The molecule has 0 saturated carbocycles. The Labute approximate surface area is 226 Å². The van der Waals surface area contributed by atoms with Crippen molar-refractivity contribution < 1.29 is 4.79 Å². The van der Waals surface area contributed by atoms with Crippen molar-refractivity contribution in [3.05, 3.63) is 12.3 Å². The molecule has 4 heteroatoms. The predicted octanol–water partition coefficient (Wildman–Crippen LogP) is 8.12. The van der Waals surface area contributed by atoms with Crippen LogP contribution < -0.4 is 5.32 Å². The lowest BCUT2D eigenvalue weighted by Gasteiger charge is -2.34. The minimum Gasteiger partial charge on any atom is -0.387 e. The quantitative estimate of drug-likeness (QED) is 0.120. The highest BCUT2D eigenvalue weighted by Crippen LogP contribution is 2.14. The molecule has 1 N–H and O–H groups in total. The summed E-state index contributed by atoms with van der Waals surface area (Å²) in [5.74, 6) is 0.407. The van der Waals surface area contributed by atoms with Crippen LogP contribution in [0.15, 0.2) is 12.3 Å². The summed E-state index contributed by atoms with van der Waals surface area (Å²) >= 11 is 0. The SMILES string of the molecule is C=C(CN1CCN(CCC)CC1)NCCC(=O)CCCCCCCCCCCCCCCCCCC. The maximum Gasteiger partial charge on any atom is 0.134 e. The zero-order valence-corrected chi connectivity index (χ0v) is 24.6. The summed E-state index contributed by atoms with van der Waals surface area (Å²) in [6.45, 7) is 16.2. The molecule has 212 valence electrons. The van der Waals surface area contributed by atoms with Crippen molar-refractivity contribution in [2.24, 2.45) is 0 Å². The summed E-state index contributed by atoms with van der Waals surface area (Å²) in [5, 5.41) is 3.38. The van der Waals surface area contributed by atoms with E-state index in [-0.39, 0.29) is 0 Å². The third-order valence-electron chi connectivity index (χ3n) is 7.76. The fourth-order valence-corrected chi connectivity index (χ4v) is 5.36. The number of hydrogen-bond donors (Lipinski definition) is 1. The van der Waals surface area contributed by atoms with Crippen LogP contribution in [0.3, 0.4) is 0 Å². The Morgan fingerprint density at radius 1 is 0.611 bits per heavy atom. The van der Waals surface area contributed by atoms with E-state index in [0.717, 1.165) is 44.7 Å². The van der Waals surface area contributed by atoms with Gasteiger partial charge in [0.2, 0.25) is 0 Å². The van der Waals surface area contributed by atoms with Crippen molar-refractivity contribution >= 4 is 5.78 Å². The molecule has 0 aromatic carbocycles. The third kappa shape index (κ3) is 20.2. The minimum atomic E-state index is 0.407. The van der Waals surface area contributed by atoms with Gasteiger partial charge in [0, 0.05) is 57.8 Å². The van der Waals surface area contributed by atoms with Crippen LogP contribution in [0.2, 0.25) is 0 Å². The van der Waals surface area contributed by atoms with Gasteiger partial charge in [-0.2, -0.15) is 0 Å². The van der Waals surface area contributed by atoms with Crippen molar-refractivity contribution in [3.63, 3.8) is 0 Å². The first-order chi connectivity index (χ1) is 17.7. The third-order valence-corrected chi connectivity index (χ3v) is 7.76. The second-order valence-corrected chi connectivity index (χ2v) is 11.3. The van der Waals surface area contributed by atoms with E-state index < -0.39 is 0 Å². The van der Waals surface area contributed by atoms with Crippen LogP contribution >= 0.6 is 0 Å². The summed E-state index contributed by atoms with van der Waals surface area (Å²) in [6, 6.07) is 0. The largest absolute Gasteiger partial charge is 0.387 e. The Balaban J connectivity index is 1.80. The predicted molar refractivity (Wildman–Crippen MR) is 159 cm³/mol. The molecule has 1 saturated heterocycles. The van der Waals surface area contributed by atoms with Crippen molar-refractivity contribution in [1.29, 1.82) is 0 Å². The van der Waals surface area contributed by atoms with Gasteiger partial charge in [-0.05, 0) is 19.4 Å². The van der Waals surface area contributed by atoms with E-state index in [0.29, 0.717) is 12.2 Å². The average Bonchev–Trinajstić information content (AvgIpc) is 2.87. The molecule has 0 aromatic heterocycles. The number of Topliss-reactive ketones (excluding diaryl/α,β-unsaturated/α-hetero) is 1. The highest BCUT2D eigenvalue weighted by molar-refractivity contribution is 5.78. The van der Waals surface area contributed by atoms with E-state index in [4.69, 9.17) is 0 Å². The van der Waals surface area contributed by atoms with Crippen LogP contribution in [0, 0.1) is 0 Å². The van der Waals surface area contributed by atoms with E-state index >= 15 is 0 Å². The molecule has 0 bridgehead atoms. The standard InChI is InChI=1S/C32H63N3O/c1-4-6-7-8-9-10-11-12-13-14-15-16-17-18-19-20-21-22-32(36)23-24-33-31(3)30-35-28-26-34(25-5-2)27-29-35/h33H,3-30H2,1-2H3. The van der Waals surface area contributed by atoms with Gasteiger partial charge in [-0.15, -0.1) is 0 Å². The van der Waals surface area contributed by atoms with Crippen molar-refractivity contribution in [2.45, 2.75) is 142 Å². The Morgan fingerprint density at radius 2 is 1.06 bits per heavy atom. The summed E-state index contributed by atoms with van der Waals surface area (Å²) in [6.07, 6.45) is 26.1. The Morgan fingerprint density at radius 3 is 1.53 bits per heavy atom. The number of piperazine rings is 1. The molecular formula is C32H63N3O. The topological polar surface area (TPSA) is 35.6 Å². The first-order valence-corrected chi connectivity index (χ1v) is 16.0. The van der Waals surface area contributed by atoms with E-state index in [2.05, 4.69) is 35.5 Å². The van der Waals surface area contributed by atoms with Crippen LogP contribution in [0.4, 0.5) is 0 Å².